The van der Waals surface area contributed by atoms with Crippen LogP contribution in [0.15, 0.2) is 70.6 Å². The summed E-state index contributed by atoms with van der Waals surface area (Å²) in [5.74, 6) is 1.51. The minimum atomic E-state index is -0.0883. The molecule has 5 nitrogen and oxygen atoms in total. The molecule has 1 amide bonds. The van der Waals surface area contributed by atoms with E-state index in [4.69, 9.17) is 9.52 Å². The number of thiophene rings is 1. The van der Waals surface area contributed by atoms with Crippen molar-refractivity contribution in [1.29, 1.82) is 0 Å². The Labute approximate surface area is 161 Å². The zero-order chi connectivity index (χ0) is 18.8. The highest BCUT2D eigenvalue weighted by molar-refractivity contribution is 7.13. The average Bonchev–Trinajstić information content (AvgIpc) is 3.42. The molecule has 1 aromatic carbocycles. The summed E-state index contributed by atoms with van der Waals surface area (Å²) in [6, 6.07) is 17.5. The van der Waals surface area contributed by atoms with Crippen molar-refractivity contribution in [1.82, 2.24) is 14.7 Å². The summed E-state index contributed by atoms with van der Waals surface area (Å²) in [6.45, 7) is 2.30. The Kier molecular flexibility index (Phi) is 4.64. The molecule has 136 valence electrons. The van der Waals surface area contributed by atoms with Gasteiger partial charge >= 0.3 is 0 Å². The highest BCUT2D eigenvalue weighted by Gasteiger charge is 2.22. The molecule has 3 aromatic heterocycles. The standard InChI is InChI=1S/C21H19N3O2S/c1-15-10-11-17(26-15)13-23(2)21(25)18-14-24(16-7-4-3-5-8-16)22-20(18)19-9-6-12-27-19/h3-12,14H,13H2,1-2H3. The number of para-hydroxylation sites is 1. The number of aryl methyl sites for hydroxylation is 1. The quantitative estimate of drug-likeness (QED) is 0.503. The monoisotopic (exact) mass is 377 g/mol. The maximum absolute atomic E-state index is 13.2. The van der Waals surface area contributed by atoms with Crippen LogP contribution >= 0.6 is 11.3 Å². The largest absolute Gasteiger partial charge is 0.464 e. The molecule has 6 heteroatoms. The fourth-order valence-electron chi connectivity index (χ4n) is 2.92. The summed E-state index contributed by atoms with van der Waals surface area (Å²) < 4.78 is 7.36. The molecule has 0 N–H and O–H groups in total. The predicted molar refractivity (Wildman–Crippen MR) is 106 cm³/mol. The molecule has 0 saturated heterocycles. The zero-order valence-corrected chi connectivity index (χ0v) is 15.9. The summed E-state index contributed by atoms with van der Waals surface area (Å²) in [4.78, 5) is 15.8. The van der Waals surface area contributed by atoms with E-state index in [0.29, 0.717) is 17.8 Å². The van der Waals surface area contributed by atoms with E-state index >= 15 is 0 Å². The first-order valence-electron chi connectivity index (χ1n) is 8.61. The highest BCUT2D eigenvalue weighted by Crippen LogP contribution is 2.28. The van der Waals surface area contributed by atoms with Gasteiger partial charge in [-0.15, -0.1) is 11.3 Å². The van der Waals surface area contributed by atoms with E-state index in [0.717, 1.165) is 22.1 Å². The fourth-order valence-corrected chi connectivity index (χ4v) is 3.64. The Morgan fingerprint density at radius 2 is 1.96 bits per heavy atom. The van der Waals surface area contributed by atoms with Gasteiger partial charge in [-0.1, -0.05) is 24.3 Å². The Hall–Kier alpha value is -3.12. The van der Waals surface area contributed by atoms with E-state index in [1.165, 1.54) is 0 Å². The van der Waals surface area contributed by atoms with Crippen LogP contribution in [0, 0.1) is 6.92 Å². The fraction of sp³-hybridized carbons (Fsp3) is 0.143. The summed E-state index contributed by atoms with van der Waals surface area (Å²) in [5, 5.41) is 6.68. The maximum atomic E-state index is 13.2. The van der Waals surface area contributed by atoms with Crippen LogP contribution in [0.1, 0.15) is 21.9 Å². The Balaban J connectivity index is 1.69. The van der Waals surface area contributed by atoms with Crippen molar-refractivity contribution in [3.05, 3.63) is 83.3 Å². The second-order valence-corrected chi connectivity index (χ2v) is 7.27. The smallest absolute Gasteiger partial charge is 0.257 e. The van der Waals surface area contributed by atoms with Gasteiger partial charge in [-0.2, -0.15) is 5.10 Å². The van der Waals surface area contributed by atoms with Crippen LogP contribution in [-0.2, 0) is 6.54 Å². The molecule has 0 aliphatic rings. The molecule has 0 unspecified atom stereocenters. The third-order valence-corrected chi connectivity index (χ3v) is 5.13. The average molecular weight is 377 g/mol. The van der Waals surface area contributed by atoms with Gasteiger partial charge < -0.3 is 9.32 Å². The first kappa shape index (κ1) is 17.3. The van der Waals surface area contributed by atoms with E-state index in [9.17, 15) is 4.79 Å². The molecular weight excluding hydrogens is 358 g/mol. The van der Waals surface area contributed by atoms with Crippen molar-refractivity contribution in [2.24, 2.45) is 0 Å². The van der Waals surface area contributed by atoms with Crippen LogP contribution in [0.25, 0.3) is 16.3 Å². The first-order chi connectivity index (χ1) is 13.1. The van der Waals surface area contributed by atoms with Crippen molar-refractivity contribution >= 4 is 17.2 Å². The van der Waals surface area contributed by atoms with Crippen molar-refractivity contribution in [2.75, 3.05) is 7.05 Å². The topological polar surface area (TPSA) is 51.3 Å². The second-order valence-electron chi connectivity index (χ2n) is 6.32. The van der Waals surface area contributed by atoms with Crippen LogP contribution < -0.4 is 0 Å². The van der Waals surface area contributed by atoms with Gasteiger partial charge in [0.05, 0.1) is 22.7 Å². The Morgan fingerprint density at radius 1 is 1.15 bits per heavy atom. The number of amides is 1. The third kappa shape index (κ3) is 3.57. The first-order valence-corrected chi connectivity index (χ1v) is 9.49. The molecule has 0 saturated carbocycles. The van der Waals surface area contributed by atoms with E-state index < -0.39 is 0 Å². The van der Waals surface area contributed by atoms with Crippen LogP contribution in [0.3, 0.4) is 0 Å². The lowest BCUT2D eigenvalue weighted by molar-refractivity contribution is 0.0775. The van der Waals surface area contributed by atoms with Crippen molar-refractivity contribution in [3.8, 4) is 16.3 Å². The molecule has 4 rings (SSSR count). The number of benzene rings is 1. The SMILES string of the molecule is Cc1ccc(CN(C)C(=O)c2cn(-c3ccccc3)nc2-c2cccs2)o1. The molecule has 0 spiro atoms. The number of hydrogen-bond donors (Lipinski definition) is 0. The molecule has 0 bridgehead atoms. The lowest BCUT2D eigenvalue weighted by atomic mass is 10.2. The van der Waals surface area contributed by atoms with Gasteiger partial charge in [0.25, 0.3) is 5.91 Å². The molecule has 0 aliphatic heterocycles. The molecule has 0 radical (unpaired) electrons. The van der Waals surface area contributed by atoms with Crippen LogP contribution in [-0.4, -0.2) is 27.6 Å². The van der Waals surface area contributed by atoms with Gasteiger partial charge in [-0.3, -0.25) is 4.79 Å². The zero-order valence-electron chi connectivity index (χ0n) is 15.1. The predicted octanol–water partition coefficient (Wildman–Crippen LogP) is 4.77. The van der Waals surface area contributed by atoms with Crippen molar-refractivity contribution in [2.45, 2.75) is 13.5 Å². The number of carbonyl (C=O) groups excluding carboxylic acids is 1. The molecule has 4 aromatic rings. The molecule has 27 heavy (non-hydrogen) atoms. The van der Waals surface area contributed by atoms with Gasteiger partial charge in [-0.05, 0) is 42.6 Å². The van der Waals surface area contributed by atoms with Gasteiger partial charge in [0.1, 0.15) is 17.2 Å². The van der Waals surface area contributed by atoms with E-state index in [-0.39, 0.29) is 5.91 Å². The third-order valence-electron chi connectivity index (χ3n) is 4.26. The number of furan rings is 1. The van der Waals surface area contributed by atoms with Crippen molar-refractivity contribution < 1.29 is 9.21 Å². The summed E-state index contributed by atoms with van der Waals surface area (Å²) >= 11 is 1.57. The minimum Gasteiger partial charge on any atom is -0.464 e. The van der Waals surface area contributed by atoms with Crippen LogP contribution in [0.5, 0.6) is 0 Å². The summed E-state index contributed by atoms with van der Waals surface area (Å²) in [6.07, 6.45) is 1.80. The number of aromatic nitrogens is 2. The van der Waals surface area contributed by atoms with Crippen molar-refractivity contribution in [3.63, 3.8) is 0 Å². The Bertz CT molecular complexity index is 1050. The lowest BCUT2D eigenvalue weighted by Crippen LogP contribution is -2.26. The van der Waals surface area contributed by atoms with E-state index in [2.05, 4.69) is 0 Å². The van der Waals surface area contributed by atoms with E-state index in [1.54, 1.807) is 34.2 Å². The molecule has 0 fully saturated rings. The molecule has 3 heterocycles. The minimum absolute atomic E-state index is 0.0883. The number of rotatable bonds is 5. The Morgan fingerprint density at radius 3 is 2.63 bits per heavy atom. The van der Waals surface area contributed by atoms with Crippen LogP contribution in [0.2, 0.25) is 0 Å². The molecule has 0 atom stereocenters. The van der Waals surface area contributed by atoms with Gasteiger partial charge in [0.2, 0.25) is 0 Å². The molecule has 0 aliphatic carbocycles. The lowest BCUT2D eigenvalue weighted by Gasteiger charge is -2.15. The van der Waals surface area contributed by atoms with Gasteiger partial charge in [-0.25, -0.2) is 4.68 Å². The number of hydrogen-bond acceptors (Lipinski definition) is 4. The summed E-state index contributed by atoms with van der Waals surface area (Å²) in [5.41, 5.74) is 2.19. The van der Waals surface area contributed by atoms with Gasteiger partial charge in [0, 0.05) is 13.2 Å². The maximum Gasteiger partial charge on any atom is 0.257 e. The molecular formula is C21H19N3O2S. The van der Waals surface area contributed by atoms with Crippen LogP contribution in [0.4, 0.5) is 0 Å². The highest BCUT2D eigenvalue weighted by atomic mass is 32.1. The normalized spacial score (nSPS) is 10.9. The number of carbonyl (C=O) groups is 1. The van der Waals surface area contributed by atoms with E-state index in [1.807, 2.05) is 66.9 Å². The summed E-state index contributed by atoms with van der Waals surface area (Å²) in [7, 11) is 1.78. The number of nitrogens with zero attached hydrogens (tertiary/aromatic N) is 3. The van der Waals surface area contributed by atoms with Gasteiger partial charge in [0.15, 0.2) is 0 Å². The second kappa shape index (κ2) is 7.25.